The van der Waals surface area contributed by atoms with Crippen molar-refractivity contribution in [3.05, 3.63) is 63.6 Å². The van der Waals surface area contributed by atoms with E-state index < -0.39 is 0 Å². The highest BCUT2D eigenvalue weighted by Crippen LogP contribution is 2.32. The molecule has 0 fully saturated rings. The van der Waals surface area contributed by atoms with Crippen LogP contribution in [0.4, 0.5) is 0 Å². The molecule has 3 nitrogen and oxygen atoms in total. The van der Waals surface area contributed by atoms with E-state index in [4.69, 9.17) is 22.1 Å². The largest absolute Gasteiger partial charge is 0.437 e. The van der Waals surface area contributed by atoms with Crippen LogP contribution in [0.5, 0.6) is 11.6 Å². The SMILES string of the molecule is NCc1cc(Oc2cc(Br)ccc2Cl)nc2ccccc12. The molecule has 0 aliphatic carbocycles. The zero-order chi connectivity index (χ0) is 14.8. The molecule has 0 saturated heterocycles. The molecule has 1 aromatic heterocycles. The van der Waals surface area contributed by atoms with E-state index in [2.05, 4.69) is 20.9 Å². The Morgan fingerprint density at radius 1 is 1.14 bits per heavy atom. The maximum atomic E-state index is 6.14. The molecule has 0 saturated carbocycles. The highest BCUT2D eigenvalue weighted by molar-refractivity contribution is 9.10. The summed E-state index contributed by atoms with van der Waals surface area (Å²) in [6, 6.07) is 15.1. The smallest absolute Gasteiger partial charge is 0.220 e. The van der Waals surface area contributed by atoms with E-state index in [1.54, 1.807) is 12.1 Å². The van der Waals surface area contributed by atoms with Gasteiger partial charge in [0, 0.05) is 22.5 Å². The molecule has 0 atom stereocenters. The Bertz CT molecular complexity index is 807. The molecule has 1 heterocycles. The number of hydrogen-bond acceptors (Lipinski definition) is 3. The van der Waals surface area contributed by atoms with Gasteiger partial charge in [-0.05, 0) is 29.8 Å². The van der Waals surface area contributed by atoms with Gasteiger partial charge in [0.25, 0.3) is 0 Å². The lowest BCUT2D eigenvalue weighted by molar-refractivity contribution is 0.464. The van der Waals surface area contributed by atoms with E-state index in [0.717, 1.165) is 20.9 Å². The lowest BCUT2D eigenvalue weighted by Gasteiger charge is -2.10. The van der Waals surface area contributed by atoms with Gasteiger partial charge in [-0.2, -0.15) is 0 Å². The Balaban J connectivity index is 2.06. The summed E-state index contributed by atoms with van der Waals surface area (Å²) in [5, 5.41) is 1.56. The predicted molar refractivity (Wildman–Crippen MR) is 88.9 cm³/mol. The van der Waals surface area contributed by atoms with Crippen LogP contribution in [0.15, 0.2) is 53.0 Å². The maximum Gasteiger partial charge on any atom is 0.220 e. The third kappa shape index (κ3) is 3.02. The van der Waals surface area contributed by atoms with Crippen LogP contribution in [-0.4, -0.2) is 4.98 Å². The minimum Gasteiger partial charge on any atom is -0.437 e. The number of rotatable bonds is 3. The van der Waals surface area contributed by atoms with Crippen molar-refractivity contribution in [3.8, 4) is 11.6 Å². The van der Waals surface area contributed by atoms with Crippen LogP contribution in [-0.2, 0) is 6.54 Å². The topological polar surface area (TPSA) is 48.1 Å². The third-order valence-electron chi connectivity index (χ3n) is 3.11. The van der Waals surface area contributed by atoms with E-state index in [1.165, 1.54) is 0 Å². The number of nitrogens with zero attached hydrogens (tertiary/aromatic N) is 1. The molecule has 0 bridgehead atoms. The van der Waals surface area contributed by atoms with Gasteiger partial charge in [0.15, 0.2) is 0 Å². The summed E-state index contributed by atoms with van der Waals surface area (Å²) in [6.07, 6.45) is 0. The second-order valence-corrected chi connectivity index (χ2v) is 5.84. The van der Waals surface area contributed by atoms with Crippen LogP contribution in [0.25, 0.3) is 10.9 Å². The summed E-state index contributed by atoms with van der Waals surface area (Å²) in [4.78, 5) is 4.50. The number of benzene rings is 2. The number of halogens is 2. The van der Waals surface area contributed by atoms with Gasteiger partial charge in [-0.1, -0.05) is 45.7 Å². The van der Waals surface area contributed by atoms with E-state index in [1.807, 2.05) is 36.4 Å². The van der Waals surface area contributed by atoms with Crippen molar-refractivity contribution in [2.75, 3.05) is 0 Å². The fourth-order valence-corrected chi connectivity index (χ4v) is 2.61. The number of aromatic nitrogens is 1. The van der Waals surface area contributed by atoms with Crippen LogP contribution in [0.3, 0.4) is 0 Å². The van der Waals surface area contributed by atoms with Gasteiger partial charge in [0.05, 0.1) is 10.5 Å². The quantitative estimate of drug-likeness (QED) is 0.720. The molecular weight excluding hydrogens is 352 g/mol. The summed E-state index contributed by atoms with van der Waals surface area (Å²) < 4.78 is 6.70. The summed E-state index contributed by atoms with van der Waals surface area (Å²) >= 11 is 9.54. The average Bonchev–Trinajstić information content (AvgIpc) is 2.50. The summed E-state index contributed by atoms with van der Waals surface area (Å²) in [5.41, 5.74) is 7.65. The minimum absolute atomic E-state index is 0.422. The second kappa shape index (κ2) is 6.02. The monoisotopic (exact) mass is 362 g/mol. The minimum atomic E-state index is 0.422. The zero-order valence-corrected chi connectivity index (χ0v) is 13.4. The van der Waals surface area contributed by atoms with E-state index in [9.17, 15) is 0 Å². The van der Waals surface area contributed by atoms with Crippen molar-refractivity contribution in [1.29, 1.82) is 0 Å². The van der Waals surface area contributed by atoms with E-state index in [0.29, 0.717) is 23.2 Å². The molecule has 106 valence electrons. The first-order valence-corrected chi connectivity index (χ1v) is 7.56. The lowest BCUT2D eigenvalue weighted by atomic mass is 10.1. The Morgan fingerprint density at radius 2 is 1.95 bits per heavy atom. The first-order valence-electron chi connectivity index (χ1n) is 6.39. The highest BCUT2D eigenvalue weighted by Gasteiger charge is 2.09. The zero-order valence-electron chi connectivity index (χ0n) is 11.0. The van der Waals surface area contributed by atoms with Gasteiger partial charge < -0.3 is 10.5 Å². The number of hydrogen-bond donors (Lipinski definition) is 1. The third-order valence-corrected chi connectivity index (χ3v) is 3.91. The first-order chi connectivity index (χ1) is 10.2. The van der Waals surface area contributed by atoms with Crippen LogP contribution in [0.2, 0.25) is 5.02 Å². The fourth-order valence-electron chi connectivity index (χ4n) is 2.11. The predicted octanol–water partition coefficient (Wildman–Crippen LogP) is 4.90. The van der Waals surface area contributed by atoms with Crippen molar-refractivity contribution in [3.63, 3.8) is 0 Å². The number of ether oxygens (including phenoxy) is 1. The molecule has 3 aromatic rings. The van der Waals surface area contributed by atoms with E-state index in [-0.39, 0.29) is 0 Å². The molecular formula is C16H12BrClN2O. The molecule has 0 unspecified atom stereocenters. The van der Waals surface area contributed by atoms with Gasteiger partial charge >= 0.3 is 0 Å². The van der Waals surface area contributed by atoms with Gasteiger partial charge in [-0.15, -0.1) is 0 Å². The summed E-state index contributed by atoms with van der Waals surface area (Å²) in [6.45, 7) is 0.422. The van der Waals surface area contributed by atoms with Gasteiger partial charge in [-0.25, -0.2) is 4.98 Å². The van der Waals surface area contributed by atoms with Crippen molar-refractivity contribution >= 4 is 38.4 Å². The fraction of sp³-hybridized carbons (Fsp3) is 0.0625. The number of pyridine rings is 1. The normalized spacial score (nSPS) is 10.8. The van der Waals surface area contributed by atoms with Gasteiger partial charge in [0.1, 0.15) is 5.75 Å². The van der Waals surface area contributed by atoms with Crippen LogP contribution in [0.1, 0.15) is 5.56 Å². The molecule has 21 heavy (non-hydrogen) atoms. The van der Waals surface area contributed by atoms with Crippen LogP contribution < -0.4 is 10.5 Å². The van der Waals surface area contributed by atoms with Crippen molar-refractivity contribution in [1.82, 2.24) is 4.98 Å². The maximum absolute atomic E-state index is 6.14. The molecule has 0 spiro atoms. The number of nitrogens with two attached hydrogens (primary N) is 1. The summed E-state index contributed by atoms with van der Waals surface area (Å²) in [7, 11) is 0. The van der Waals surface area contributed by atoms with E-state index >= 15 is 0 Å². The Hall–Kier alpha value is -1.62. The lowest BCUT2D eigenvalue weighted by Crippen LogP contribution is -2.00. The highest BCUT2D eigenvalue weighted by atomic mass is 79.9. The molecule has 0 aliphatic heterocycles. The molecule has 0 amide bonds. The molecule has 0 aliphatic rings. The Morgan fingerprint density at radius 3 is 2.76 bits per heavy atom. The first kappa shape index (κ1) is 14.3. The molecule has 2 aromatic carbocycles. The average molecular weight is 364 g/mol. The van der Waals surface area contributed by atoms with Gasteiger partial charge in [-0.3, -0.25) is 0 Å². The van der Waals surface area contributed by atoms with Crippen molar-refractivity contribution < 1.29 is 4.74 Å². The second-order valence-electron chi connectivity index (χ2n) is 4.52. The van der Waals surface area contributed by atoms with Crippen LogP contribution >= 0.6 is 27.5 Å². The number of para-hydroxylation sites is 1. The standard InChI is InChI=1S/C16H12BrClN2O/c17-11-5-6-13(18)15(8-11)21-16-7-10(9-19)12-3-1-2-4-14(12)20-16/h1-8H,9,19H2. The van der Waals surface area contributed by atoms with Crippen LogP contribution in [0, 0.1) is 0 Å². The summed E-state index contributed by atoms with van der Waals surface area (Å²) in [5.74, 6) is 1.03. The Labute approximate surface area is 135 Å². The van der Waals surface area contributed by atoms with Crippen molar-refractivity contribution in [2.45, 2.75) is 6.54 Å². The van der Waals surface area contributed by atoms with Gasteiger partial charge in [0.2, 0.25) is 5.88 Å². The van der Waals surface area contributed by atoms with Crippen molar-refractivity contribution in [2.24, 2.45) is 5.73 Å². The molecule has 2 N–H and O–H groups in total. The molecule has 0 radical (unpaired) electrons. The molecule has 3 rings (SSSR count). The number of fused-ring (bicyclic) bond motifs is 1. The molecule has 5 heteroatoms. The Kier molecular flexibility index (Phi) is 4.10.